The van der Waals surface area contributed by atoms with Gasteiger partial charge in [-0.25, -0.2) is 18.2 Å². The molecule has 0 radical (unpaired) electrons. The number of oxime groups is 1. The van der Waals surface area contributed by atoms with E-state index in [0.29, 0.717) is 5.56 Å². The SMILES string of the molecule is CC(C)CN(C[C@@H](O)[C@H](Cc1ccccc1)NC(=O)[C@@H](NC(=O)N(C)Cc1csc(C(C)C)n1)C(C)C)S(=O)(=O)c1ccc(/C=N/O)cc1. The first-order valence-corrected chi connectivity index (χ1v) is 18.7. The Bertz CT molecular complexity index is 1630. The van der Waals surface area contributed by atoms with Crippen molar-refractivity contribution >= 4 is 39.5 Å². The third-order valence-electron chi connectivity index (χ3n) is 7.81. The number of aliphatic hydroxyl groups excluding tert-OH is 1. The lowest BCUT2D eigenvalue weighted by atomic mass is 9.98. The summed E-state index contributed by atoms with van der Waals surface area (Å²) in [6, 6.07) is 12.9. The lowest BCUT2D eigenvalue weighted by Gasteiger charge is -2.32. The minimum atomic E-state index is -4.06. The summed E-state index contributed by atoms with van der Waals surface area (Å²) < 4.78 is 28.8. The van der Waals surface area contributed by atoms with Crippen LogP contribution in [0.2, 0.25) is 0 Å². The van der Waals surface area contributed by atoms with Crippen molar-refractivity contribution in [3.63, 3.8) is 0 Å². The molecule has 49 heavy (non-hydrogen) atoms. The van der Waals surface area contributed by atoms with Gasteiger partial charge in [-0.2, -0.15) is 4.31 Å². The highest BCUT2D eigenvalue weighted by atomic mass is 32.2. The van der Waals surface area contributed by atoms with Crippen LogP contribution in [-0.2, 0) is 27.8 Å². The number of hydrogen-bond acceptors (Lipinski definition) is 9. The number of thiazole rings is 1. The molecule has 1 heterocycles. The van der Waals surface area contributed by atoms with Gasteiger partial charge >= 0.3 is 6.03 Å². The van der Waals surface area contributed by atoms with Crippen molar-refractivity contribution in [3.05, 3.63) is 81.8 Å². The Labute approximate surface area is 294 Å². The predicted octanol–water partition coefficient (Wildman–Crippen LogP) is 4.68. The number of rotatable bonds is 17. The molecule has 0 unspecified atom stereocenters. The highest BCUT2D eigenvalue weighted by Crippen LogP contribution is 2.21. The molecule has 2 aromatic carbocycles. The summed E-state index contributed by atoms with van der Waals surface area (Å²) in [4.78, 5) is 33.1. The van der Waals surface area contributed by atoms with E-state index in [2.05, 4.69) is 34.6 Å². The van der Waals surface area contributed by atoms with E-state index in [-0.39, 0.29) is 48.7 Å². The Balaban J connectivity index is 1.83. The monoisotopic (exact) mass is 714 g/mol. The van der Waals surface area contributed by atoms with E-state index in [0.717, 1.165) is 16.3 Å². The fourth-order valence-electron chi connectivity index (χ4n) is 5.13. The molecule has 0 spiro atoms. The second-order valence-corrected chi connectivity index (χ2v) is 16.1. The fraction of sp³-hybridized carbons (Fsp3) is 0.486. The number of urea groups is 1. The molecule has 3 aromatic rings. The first-order valence-electron chi connectivity index (χ1n) is 16.4. The zero-order valence-corrected chi connectivity index (χ0v) is 30.9. The van der Waals surface area contributed by atoms with E-state index < -0.39 is 40.1 Å². The van der Waals surface area contributed by atoms with Gasteiger partial charge in [0.25, 0.3) is 0 Å². The first kappa shape index (κ1) is 39.6. The van der Waals surface area contributed by atoms with Gasteiger partial charge in [0.05, 0.1) is 40.5 Å². The number of sulfonamides is 1. The van der Waals surface area contributed by atoms with E-state index in [9.17, 15) is 23.1 Å². The Morgan fingerprint density at radius 1 is 0.980 bits per heavy atom. The zero-order chi connectivity index (χ0) is 36.3. The molecule has 0 aliphatic rings. The largest absolute Gasteiger partial charge is 0.411 e. The summed E-state index contributed by atoms with van der Waals surface area (Å²) in [5.74, 6) is -0.575. The van der Waals surface area contributed by atoms with E-state index in [1.54, 1.807) is 18.4 Å². The summed E-state index contributed by atoms with van der Waals surface area (Å²) >= 11 is 1.54. The second-order valence-electron chi connectivity index (χ2n) is 13.3. The van der Waals surface area contributed by atoms with Crippen molar-refractivity contribution < 1.29 is 28.3 Å². The predicted molar refractivity (Wildman–Crippen MR) is 192 cm³/mol. The fourth-order valence-corrected chi connectivity index (χ4v) is 7.58. The van der Waals surface area contributed by atoms with Crippen LogP contribution in [0.15, 0.2) is 70.0 Å². The average molecular weight is 715 g/mol. The van der Waals surface area contributed by atoms with Gasteiger partial charge in [-0.15, -0.1) is 11.3 Å². The molecule has 0 aliphatic carbocycles. The van der Waals surface area contributed by atoms with Crippen LogP contribution in [0.3, 0.4) is 0 Å². The van der Waals surface area contributed by atoms with Gasteiger partial charge in [0, 0.05) is 31.4 Å². The molecular weight excluding hydrogens is 665 g/mol. The van der Waals surface area contributed by atoms with Crippen LogP contribution in [0, 0.1) is 11.8 Å². The van der Waals surface area contributed by atoms with Crippen LogP contribution in [0.25, 0.3) is 0 Å². The summed E-state index contributed by atoms with van der Waals surface area (Å²) in [5, 5.41) is 32.1. The summed E-state index contributed by atoms with van der Waals surface area (Å²) in [6.45, 7) is 11.6. The van der Waals surface area contributed by atoms with E-state index in [4.69, 9.17) is 5.21 Å². The number of amides is 3. The molecule has 3 atom stereocenters. The van der Waals surface area contributed by atoms with Crippen LogP contribution in [-0.4, -0.2) is 89.4 Å². The highest BCUT2D eigenvalue weighted by Gasteiger charge is 2.34. The summed E-state index contributed by atoms with van der Waals surface area (Å²) in [7, 11) is -2.42. The van der Waals surface area contributed by atoms with Crippen molar-refractivity contribution in [2.75, 3.05) is 20.1 Å². The number of aromatic nitrogens is 1. The quantitative estimate of drug-likeness (QED) is 0.0896. The molecule has 0 aliphatic heterocycles. The van der Waals surface area contributed by atoms with Gasteiger partial charge in [-0.1, -0.05) is 89.2 Å². The lowest BCUT2D eigenvalue weighted by Crippen LogP contribution is -2.58. The zero-order valence-electron chi connectivity index (χ0n) is 29.3. The van der Waals surface area contributed by atoms with Crippen LogP contribution in [0.1, 0.15) is 69.3 Å². The standard InChI is InChI=1S/C35H50N6O6S2/c1-23(2)19-41(49(46,47)29-15-13-27(14-16-29)18-36-45)21-31(42)30(17-26-11-9-8-10-12-26)38-33(43)32(24(3)4)39-35(44)40(7)20-28-22-48-34(37-28)25(5)6/h8-16,18,22-25,30-32,42,45H,17,19-21H2,1-7H3,(H,38,43)(H,39,44)/b36-18+/t30-,31+,32-/m0/s1. The Kier molecular flexibility index (Phi) is 14.7. The Hall–Kier alpha value is -3.85. The van der Waals surface area contributed by atoms with Crippen molar-refractivity contribution in [3.8, 4) is 0 Å². The molecule has 0 bridgehead atoms. The number of carbonyl (C=O) groups excluding carboxylic acids is 2. The third kappa shape index (κ3) is 11.6. The third-order valence-corrected chi connectivity index (χ3v) is 10.9. The molecule has 3 amide bonds. The molecule has 14 heteroatoms. The number of hydrogen-bond donors (Lipinski definition) is 4. The van der Waals surface area contributed by atoms with Crippen molar-refractivity contribution in [1.82, 2.24) is 24.8 Å². The minimum absolute atomic E-state index is 0.0175. The molecular formula is C35H50N6O6S2. The van der Waals surface area contributed by atoms with Crippen LogP contribution >= 0.6 is 11.3 Å². The summed E-state index contributed by atoms with van der Waals surface area (Å²) in [5.41, 5.74) is 2.11. The van der Waals surface area contributed by atoms with Gasteiger partial charge in [0.2, 0.25) is 15.9 Å². The maximum Gasteiger partial charge on any atom is 0.318 e. The van der Waals surface area contributed by atoms with Crippen molar-refractivity contribution in [1.29, 1.82) is 0 Å². The maximum absolute atomic E-state index is 13.8. The van der Waals surface area contributed by atoms with Gasteiger partial charge < -0.3 is 25.8 Å². The Morgan fingerprint density at radius 3 is 2.18 bits per heavy atom. The number of benzene rings is 2. The number of nitrogens with one attached hydrogen (secondary N) is 2. The summed E-state index contributed by atoms with van der Waals surface area (Å²) in [6.07, 6.45) is 0.112. The topological polar surface area (TPSA) is 165 Å². The minimum Gasteiger partial charge on any atom is -0.411 e. The van der Waals surface area contributed by atoms with Crippen LogP contribution in [0.5, 0.6) is 0 Å². The molecule has 0 fully saturated rings. The highest BCUT2D eigenvalue weighted by molar-refractivity contribution is 7.89. The molecule has 0 saturated carbocycles. The van der Waals surface area contributed by atoms with Gasteiger partial charge in [0.1, 0.15) is 6.04 Å². The van der Waals surface area contributed by atoms with E-state index >= 15 is 0 Å². The molecule has 0 saturated heterocycles. The second kappa shape index (κ2) is 18.2. The normalized spacial score (nSPS) is 14.0. The molecule has 1 aromatic heterocycles. The molecule has 4 N–H and O–H groups in total. The van der Waals surface area contributed by atoms with Crippen molar-refractivity contribution in [2.24, 2.45) is 17.0 Å². The number of nitrogens with zero attached hydrogens (tertiary/aromatic N) is 4. The molecule has 12 nitrogen and oxygen atoms in total. The lowest BCUT2D eigenvalue weighted by molar-refractivity contribution is -0.125. The van der Waals surface area contributed by atoms with Crippen LogP contribution < -0.4 is 10.6 Å². The van der Waals surface area contributed by atoms with Gasteiger partial charge in [-0.05, 0) is 41.5 Å². The smallest absolute Gasteiger partial charge is 0.318 e. The first-order chi connectivity index (χ1) is 23.1. The average Bonchev–Trinajstić information content (AvgIpc) is 3.52. The van der Waals surface area contributed by atoms with Crippen molar-refractivity contribution in [2.45, 2.75) is 83.5 Å². The van der Waals surface area contributed by atoms with Gasteiger partial charge in [-0.3, -0.25) is 4.79 Å². The number of aliphatic hydroxyl groups is 1. The van der Waals surface area contributed by atoms with E-state index in [1.807, 2.05) is 63.4 Å². The van der Waals surface area contributed by atoms with E-state index in [1.165, 1.54) is 39.7 Å². The maximum atomic E-state index is 13.8. The number of carbonyl (C=O) groups is 2. The molecule has 3 rings (SSSR count). The van der Waals surface area contributed by atoms with Gasteiger partial charge in [0.15, 0.2) is 0 Å². The van der Waals surface area contributed by atoms with Crippen LogP contribution in [0.4, 0.5) is 4.79 Å². The Morgan fingerprint density at radius 2 is 1.63 bits per heavy atom. The molecule has 268 valence electrons.